The number of rotatable bonds is 5. The van der Waals surface area contributed by atoms with Gasteiger partial charge in [0.25, 0.3) is 0 Å². The third kappa shape index (κ3) is 4.60. The van der Waals surface area contributed by atoms with Gasteiger partial charge in [-0.3, -0.25) is 4.79 Å². The fourth-order valence-corrected chi connectivity index (χ4v) is 2.81. The molecule has 5 nitrogen and oxygen atoms in total. The number of nitrogens with one attached hydrogen (secondary N) is 1. The van der Waals surface area contributed by atoms with Crippen LogP contribution in [-0.2, 0) is 25.1 Å². The van der Waals surface area contributed by atoms with Crippen molar-refractivity contribution < 1.29 is 22.3 Å². The van der Waals surface area contributed by atoms with Crippen LogP contribution < -0.4 is 4.72 Å². The number of carbonyl (C=O) groups excluding carboxylic acids is 1. The van der Waals surface area contributed by atoms with E-state index < -0.39 is 27.3 Å². The number of carbonyl (C=O) groups is 1. The number of hydrogen-bond donors (Lipinski definition) is 1. The highest BCUT2D eigenvalue weighted by Crippen LogP contribution is 2.26. The molecule has 0 radical (unpaired) electrons. The van der Waals surface area contributed by atoms with Crippen molar-refractivity contribution in [2.45, 2.75) is 18.9 Å². The summed E-state index contributed by atoms with van der Waals surface area (Å²) >= 11 is 0. The van der Waals surface area contributed by atoms with Crippen LogP contribution in [0.2, 0.25) is 0 Å². The van der Waals surface area contributed by atoms with Crippen molar-refractivity contribution in [1.29, 1.82) is 0 Å². The molecule has 0 aromatic heterocycles. The molecular weight excluding hydrogens is 273 g/mol. The van der Waals surface area contributed by atoms with Gasteiger partial charge in [0.15, 0.2) is 0 Å². The van der Waals surface area contributed by atoms with E-state index in [-0.39, 0.29) is 6.42 Å². The summed E-state index contributed by atoms with van der Waals surface area (Å²) in [5, 5.41) is 0. The molecule has 1 rings (SSSR count). The van der Waals surface area contributed by atoms with E-state index in [2.05, 4.69) is 9.46 Å². The van der Waals surface area contributed by atoms with Crippen molar-refractivity contribution in [3.05, 3.63) is 35.6 Å². The zero-order valence-corrected chi connectivity index (χ0v) is 11.8. The molecule has 19 heavy (non-hydrogen) atoms. The van der Waals surface area contributed by atoms with Gasteiger partial charge in [-0.15, -0.1) is 0 Å². The highest BCUT2D eigenvalue weighted by Gasteiger charge is 2.33. The lowest BCUT2D eigenvalue weighted by Gasteiger charge is -2.29. The number of benzene rings is 1. The van der Waals surface area contributed by atoms with Gasteiger partial charge in [-0.1, -0.05) is 12.1 Å². The molecule has 1 N–H and O–H groups in total. The van der Waals surface area contributed by atoms with Crippen LogP contribution in [0.3, 0.4) is 0 Å². The molecular formula is C12H16FNO4S. The van der Waals surface area contributed by atoms with Gasteiger partial charge in [0, 0.05) is 0 Å². The van der Waals surface area contributed by atoms with E-state index in [1.54, 1.807) is 6.07 Å². The Kier molecular flexibility index (Phi) is 4.65. The van der Waals surface area contributed by atoms with Gasteiger partial charge < -0.3 is 4.74 Å². The molecule has 0 saturated carbocycles. The van der Waals surface area contributed by atoms with Crippen LogP contribution in [0.25, 0.3) is 0 Å². The average Bonchev–Trinajstić information content (AvgIpc) is 2.26. The molecule has 0 bridgehead atoms. The van der Waals surface area contributed by atoms with Crippen LogP contribution >= 0.6 is 0 Å². The highest BCUT2D eigenvalue weighted by atomic mass is 32.2. The first-order valence-electron chi connectivity index (χ1n) is 5.48. The van der Waals surface area contributed by atoms with E-state index in [1.807, 2.05) is 0 Å². The molecule has 1 aromatic rings. The van der Waals surface area contributed by atoms with Crippen LogP contribution in [0.5, 0.6) is 0 Å². The zero-order chi connectivity index (χ0) is 14.7. The van der Waals surface area contributed by atoms with Gasteiger partial charge in [0.1, 0.15) is 5.82 Å². The molecule has 1 atom stereocenters. The third-order valence-corrected chi connectivity index (χ3v) is 3.42. The molecule has 106 valence electrons. The predicted molar refractivity (Wildman–Crippen MR) is 68.4 cm³/mol. The van der Waals surface area contributed by atoms with E-state index >= 15 is 0 Å². The lowest BCUT2D eigenvalue weighted by Crippen LogP contribution is -2.44. The maximum Gasteiger partial charge on any atom is 0.307 e. The van der Waals surface area contributed by atoms with Gasteiger partial charge in [0.05, 0.1) is 25.3 Å². The van der Waals surface area contributed by atoms with E-state index in [9.17, 15) is 17.6 Å². The first kappa shape index (κ1) is 15.6. The molecule has 0 unspecified atom stereocenters. The number of methoxy groups -OCH3 is 1. The first-order valence-corrected chi connectivity index (χ1v) is 7.37. The molecule has 0 aliphatic carbocycles. The minimum Gasteiger partial charge on any atom is -0.469 e. The second-order valence-corrected chi connectivity index (χ2v) is 6.22. The number of halogens is 1. The van der Waals surface area contributed by atoms with E-state index in [0.29, 0.717) is 5.56 Å². The summed E-state index contributed by atoms with van der Waals surface area (Å²) in [6, 6.07) is 5.41. The lowest BCUT2D eigenvalue weighted by atomic mass is 9.90. The quantitative estimate of drug-likeness (QED) is 0.825. The van der Waals surface area contributed by atoms with Crippen molar-refractivity contribution in [3.63, 3.8) is 0 Å². The van der Waals surface area contributed by atoms with Crippen molar-refractivity contribution >= 4 is 16.0 Å². The smallest absolute Gasteiger partial charge is 0.307 e. The molecule has 0 fully saturated rings. The molecule has 0 saturated heterocycles. The van der Waals surface area contributed by atoms with Crippen LogP contribution in [0.1, 0.15) is 18.9 Å². The Labute approximate surface area is 111 Å². The van der Waals surface area contributed by atoms with E-state index in [1.165, 1.54) is 32.2 Å². The largest absolute Gasteiger partial charge is 0.469 e. The second-order valence-electron chi connectivity index (χ2n) is 4.47. The first-order chi connectivity index (χ1) is 8.66. The topological polar surface area (TPSA) is 72.5 Å². The Morgan fingerprint density at radius 1 is 1.47 bits per heavy atom. The molecule has 0 aliphatic heterocycles. The van der Waals surface area contributed by atoms with Gasteiger partial charge >= 0.3 is 5.97 Å². The van der Waals surface area contributed by atoms with Crippen molar-refractivity contribution in [3.8, 4) is 0 Å². The zero-order valence-electron chi connectivity index (χ0n) is 10.9. The van der Waals surface area contributed by atoms with Crippen LogP contribution in [0, 0.1) is 5.82 Å². The fraction of sp³-hybridized carbons (Fsp3) is 0.417. The van der Waals surface area contributed by atoms with Gasteiger partial charge in [-0.2, -0.15) is 0 Å². The monoisotopic (exact) mass is 289 g/mol. The second kappa shape index (κ2) is 5.66. The van der Waals surface area contributed by atoms with Crippen LogP contribution in [-0.4, -0.2) is 27.8 Å². The third-order valence-electron chi connectivity index (χ3n) is 2.60. The Hall–Kier alpha value is -1.47. The van der Waals surface area contributed by atoms with Gasteiger partial charge in [0.2, 0.25) is 10.0 Å². The van der Waals surface area contributed by atoms with E-state index in [0.717, 1.165) is 6.26 Å². The van der Waals surface area contributed by atoms with Crippen molar-refractivity contribution in [1.82, 2.24) is 4.72 Å². The minimum absolute atomic E-state index is 0.236. The number of sulfonamides is 1. The predicted octanol–water partition coefficient (Wildman–Crippen LogP) is 1.15. The Balaban J connectivity index is 3.21. The SMILES string of the molecule is COC(=O)C[C@](C)(NS(C)(=O)=O)c1cccc(F)c1. The summed E-state index contributed by atoms with van der Waals surface area (Å²) in [6.07, 6.45) is 0.738. The summed E-state index contributed by atoms with van der Waals surface area (Å²) in [7, 11) is -2.37. The molecule has 0 heterocycles. The maximum absolute atomic E-state index is 13.3. The average molecular weight is 289 g/mol. The normalized spacial score (nSPS) is 14.7. The summed E-state index contributed by atoms with van der Waals surface area (Å²) < 4.78 is 43.0. The van der Waals surface area contributed by atoms with Crippen LogP contribution in [0.15, 0.2) is 24.3 Å². The summed E-state index contributed by atoms with van der Waals surface area (Å²) in [6.45, 7) is 1.50. The number of ether oxygens (including phenoxy) is 1. The summed E-state index contributed by atoms with van der Waals surface area (Å²) in [5.41, 5.74) is -0.911. The molecule has 7 heteroatoms. The maximum atomic E-state index is 13.3. The number of hydrogen-bond acceptors (Lipinski definition) is 4. The van der Waals surface area contributed by atoms with Crippen molar-refractivity contribution in [2.75, 3.05) is 13.4 Å². The Morgan fingerprint density at radius 2 is 2.11 bits per heavy atom. The summed E-state index contributed by atoms with van der Waals surface area (Å²) in [5.74, 6) is -1.10. The van der Waals surface area contributed by atoms with E-state index in [4.69, 9.17) is 0 Å². The van der Waals surface area contributed by atoms with Crippen LogP contribution in [0.4, 0.5) is 4.39 Å². The van der Waals surface area contributed by atoms with Crippen molar-refractivity contribution in [2.24, 2.45) is 0 Å². The molecule has 0 aliphatic rings. The van der Waals surface area contributed by atoms with Gasteiger partial charge in [-0.25, -0.2) is 17.5 Å². The molecule has 1 aromatic carbocycles. The lowest BCUT2D eigenvalue weighted by molar-refractivity contribution is -0.142. The highest BCUT2D eigenvalue weighted by molar-refractivity contribution is 7.88. The molecule has 0 amide bonds. The minimum atomic E-state index is -3.58. The summed E-state index contributed by atoms with van der Waals surface area (Å²) in [4.78, 5) is 11.4. The Morgan fingerprint density at radius 3 is 2.58 bits per heavy atom. The standard InChI is InChI=1S/C12H16FNO4S/c1-12(8-11(15)18-2,14-19(3,16)17)9-5-4-6-10(13)7-9/h4-7,14H,8H2,1-3H3/t12-/m0/s1. The fourth-order valence-electron chi connectivity index (χ4n) is 1.80. The Bertz CT molecular complexity index is 573. The molecule has 0 spiro atoms. The van der Waals surface area contributed by atoms with Gasteiger partial charge in [-0.05, 0) is 24.6 Å². The number of esters is 1.